The van der Waals surface area contributed by atoms with Crippen molar-refractivity contribution >= 4 is 27.6 Å². The molecule has 1 heterocycles. The number of hydrogen-bond acceptors (Lipinski definition) is 3. The van der Waals surface area contributed by atoms with Crippen molar-refractivity contribution in [1.82, 2.24) is 0 Å². The van der Waals surface area contributed by atoms with E-state index in [1.54, 1.807) is 0 Å². The number of halogens is 1. The van der Waals surface area contributed by atoms with Gasteiger partial charge < -0.3 is 9.64 Å². The summed E-state index contributed by atoms with van der Waals surface area (Å²) in [5.74, 6) is -0.178. The highest BCUT2D eigenvalue weighted by atomic mass is 79.9. The van der Waals surface area contributed by atoms with Crippen molar-refractivity contribution in [3.8, 4) is 0 Å². The van der Waals surface area contributed by atoms with Crippen LogP contribution in [-0.4, -0.2) is 25.2 Å². The summed E-state index contributed by atoms with van der Waals surface area (Å²) in [4.78, 5) is 14.2. The zero-order valence-corrected chi connectivity index (χ0v) is 13.5. The number of aryl methyl sites for hydroxylation is 1. The fraction of sp³-hybridized carbons (Fsp3) is 0.533. The number of hydrogen-bond donors (Lipinski definition) is 0. The summed E-state index contributed by atoms with van der Waals surface area (Å²) in [6.07, 6.45) is 0.842. The van der Waals surface area contributed by atoms with E-state index in [1.807, 2.05) is 6.07 Å². The topological polar surface area (TPSA) is 29.5 Å². The summed E-state index contributed by atoms with van der Waals surface area (Å²) in [5, 5.41) is 0. The molecule has 104 valence electrons. The predicted octanol–water partition coefficient (Wildman–Crippen LogP) is 3.54. The number of benzene rings is 1. The maximum absolute atomic E-state index is 11.9. The lowest BCUT2D eigenvalue weighted by molar-refractivity contribution is -0.146. The SMILES string of the molecule is COC(=O)C1CCN(c2ccc(Br)cc2C)C1(C)C. The van der Waals surface area contributed by atoms with E-state index in [9.17, 15) is 4.79 Å². The number of nitrogens with zero attached hydrogens (tertiary/aromatic N) is 1. The molecule has 0 aliphatic carbocycles. The molecule has 1 unspecified atom stereocenters. The molecule has 4 heteroatoms. The van der Waals surface area contributed by atoms with Gasteiger partial charge in [-0.3, -0.25) is 4.79 Å². The molecule has 0 saturated carbocycles. The molecule has 0 N–H and O–H groups in total. The van der Waals surface area contributed by atoms with Crippen molar-refractivity contribution in [2.45, 2.75) is 32.7 Å². The minimum Gasteiger partial charge on any atom is -0.469 e. The number of rotatable bonds is 2. The Balaban J connectivity index is 2.34. The second-order valence-corrected chi connectivity index (χ2v) is 6.52. The maximum Gasteiger partial charge on any atom is 0.311 e. The maximum atomic E-state index is 11.9. The van der Waals surface area contributed by atoms with E-state index >= 15 is 0 Å². The summed E-state index contributed by atoms with van der Waals surface area (Å²) in [6.45, 7) is 7.21. The zero-order chi connectivity index (χ0) is 14.2. The second kappa shape index (κ2) is 5.16. The minimum atomic E-state index is -0.217. The van der Waals surface area contributed by atoms with Gasteiger partial charge in [0.15, 0.2) is 0 Å². The van der Waals surface area contributed by atoms with Crippen LogP contribution in [0.15, 0.2) is 22.7 Å². The predicted molar refractivity (Wildman–Crippen MR) is 80.4 cm³/mol. The van der Waals surface area contributed by atoms with Crippen molar-refractivity contribution < 1.29 is 9.53 Å². The van der Waals surface area contributed by atoms with Crippen LogP contribution in [0.4, 0.5) is 5.69 Å². The van der Waals surface area contributed by atoms with Crippen LogP contribution in [0.25, 0.3) is 0 Å². The highest BCUT2D eigenvalue weighted by molar-refractivity contribution is 9.10. The number of methoxy groups -OCH3 is 1. The molecule has 1 atom stereocenters. The average Bonchev–Trinajstić information content (AvgIpc) is 2.64. The molecule has 0 spiro atoms. The first-order valence-electron chi connectivity index (χ1n) is 6.49. The number of esters is 1. The third-order valence-corrected chi connectivity index (χ3v) is 4.62. The van der Waals surface area contributed by atoms with Gasteiger partial charge in [0.2, 0.25) is 0 Å². The molecule has 1 saturated heterocycles. The largest absolute Gasteiger partial charge is 0.469 e. The van der Waals surface area contributed by atoms with Gasteiger partial charge in [0.1, 0.15) is 0 Å². The fourth-order valence-corrected chi connectivity index (χ4v) is 3.46. The standard InChI is InChI=1S/C15H20BrNO2/c1-10-9-11(16)5-6-13(10)17-8-7-12(14(18)19-4)15(17,2)3/h5-6,9,12H,7-8H2,1-4H3. The summed E-state index contributed by atoms with van der Waals surface area (Å²) in [5.41, 5.74) is 2.19. The third-order valence-electron chi connectivity index (χ3n) is 4.13. The van der Waals surface area contributed by atoms with E-state index in [0.29, 0.717) is 0 Å². The van der Waals surface area contributed by atoms with E-state index in [0.717, 1.165) is 17.4 Å². The lowest BCUT2D eigenvalue weighted by Gasteiger charge is -2.37. The van der Waals surface area contributed by atoms with Crippen molar-refractivity contribution in [3.63, 3.8) is 0 Å². The highest BCUT2D eigenvalue weighted by Gasteiger charge is 2.46. The number of ether oxygens (including phenoxy) is 1. The quantitative estimate of drug-likeness (QED) is 0.779. The van der Waals surface area contributed by atoms with Crippen LogP contribution in [0, 0.1) is 12.8 Å². The van der Waals surface area contributed by atoms with Crippen LogP contribution in [-0.2, 0) is 9.53 Å². The van der Waals surface area contributed by atoms with Crippen LogP contribution in [0.5, 0.6) is 0 Å². The van der Waals surface area contributed by atoms with E-state index < -0.39 is 0 Å². The van der Waals surface area contributed by atoms with E-state index in [4.69, 9.17) is 4.74 Å². The Hall–Kier alpha value is -1.03. The molecule has 0 aromatic heterocycles. The molecule has 19 heavy (non-hydrogen) atoms. The van der Waals surface area contributed by atoms with Gasteiger partial charge in [-0.15, -0.1) is 0 Å². The first-order chi connectivity index (χ1) is 8.87. The first-order valence-corrected chi connectivity index (χ1v) is 7.29. The Morgan fingerprint density at radius 3 is 2.74 bits per heavy atom. The molecule has 0 radical (unpaired) electrons. The Morgan fingerprint density at radius 1 is 1.47 bits per heavy atom. The van der Waals surface area contributed by atoms with Gasteiger partial charge >= 0.3 is 5.97 Å². The van der Waals surface area contributed by atoms with Crippen molar-refractivity contribution in [3.05, 3.63) is 28.2 Å². The van der Waals surface area contributed by atoms with Crippen LogP contribution < -0.4 is 4.90 Å². The normalized spacial score (nSPS) is 21.5. The van der Waals surface area contributed by atoms with Crippen molar-refractivity contribution in [2.75, 3.05) is 18.6 Å². The molecule has 0 amide bonds. The molecule has 1 aromatic carbocycles. The number of anilines is 1. The second-order valence-electron chi connectivity index (χ2n) is 5.60. The van der Waals surface area contributed by atoms with Gasteiger partial charge in [-0.2, -0.15) is 0 Å². The van der Waals surface area contributed by atoms with Crippen LogP contribution in [0.1, 0.15) is 25.8 Å². The monoisotopic (exact) mass is 325 g/mol. The Labute approximate surface area is 123 Å². The van der Waals surface area contributed by atoms with Gasteiger partial charge in [0, 0.05) is 22.2 Å². The summed E-state index contributed by atoms with van der Waals surface area (Å²) >= 11 is 3.49. The molecule has 1 aliphatic rings. The highest BCUT2D eigenvalue weighted by Crippen LogP contribution is 2.40. The molecule has 2 rings (SSSR count). The lowest BCUT2D eigenvalue weighted by Crippen LogP contribution is -2.45. The van der Waals surface area contributed by atoms with Gasteiger partial charge in [-0.05, 0) is 51.0 Å². The Bertz CT molecular complexity index is 499. The van der Waals surface area contributed by atoms with Gasteiger partial charge in [-0.1, -0.05) is 15.9 Å². The lowest BCUT2D eigenvalue weighted by atomic mass is 9.88. The summed E-state index contributed by atoms with van der Waals surface area (Å²) < 4.78 is 6.01. The molecular formula is C15H20BrNO2. The first kappa shape index (κ1) is 14.4. The van der Waals surface area contributed by atoms with Gasteiger partial charge in [0.25, 0.3) is 0 Å². The molecular weight excluding hydrogens is 306 g/mol. The number of carbonyl (C=O) groups is 1. The van der Waals surface area contributed by atoms with Crippen LogP contribution >= 0.6 is 15.9 Å². The van der Waals surface area contributed by atoms with Gasteiger partial charge in [0.05, 0.1) is 13.0 Å². The van der Waals surface area contributed by atoms with E-state index in [2.05, 4.69) is 53.7 Å². The third kappa shape index (κ3) is 2.50. The van der Waals surface area contributed by atoms with Gasteiger partial charge in [-0.25, -0.2) is 0 Å². The van der Waals surface area contributed by atoms with Crippen molar-refractivity contribution in [2.24, 2.45) is 5.92 Å². The summed E-state index contributed by atoms with van der Waals surface area (Å²) in [7, 11) is 1.46. The molecule has 1 aliphatic heterocycles. The summed E-state index contributed by atoms with van der Waals surface area (Å²) in [6, 6.07) is 6.27. The van der Waals surface area contributed by atoms with Crippen LogP contribution in [0.3, 0.4) is 0 Å². The average molecular weight is 326 g/mol. The van der Waals surface area contributed by atoms with Crippen LogP contribution in [0.2, 0.25) is 0 Å². The Kier molecular flexibility index (Phi) is 3.90. The molecule has 1 fully saturated rings. The molecule has 1 aromatic rings. The number of carbonyl (C=O) groups excluding carboxylic acids is 1. The molecule has 0 bridgehead atoms. The smallest absolute Gasteiger partial charge is 0.311 e. The van der Waals surface area contributed by atoms with E-state index in [1.165, 1.54) is 18.4 Å². The minimum absolute atomic E-state index is 0.0689. The zero-order valence-electron chi connectivity index (χ0n) is 11.9. The Morgan fingerprint density at radius 2 is 2.16 bits per heavy atom. The van der Waals surface area contributed by atoms with E-state index in [-0.39, 0.29) is 17.4 Å². The molecule has 3 nitrogen and oxygen atoms in total. The van der Waals surface area contributed by atoms with Crippen molar-refractivity contribution in [1.29, 1.82) is 0 Å². The fourth-order valence-electron chi connectivity index (χ4n) is 2.99.